The first-order chi connectivity index (χ1) is 13.6. The van der Waals surface area contributed by atoms with Gasteiger partial charge in [0.1, 0.15) is 0 Å². The molecule has 2 N–H and O–H groups in total. The molecule has 1 atom stereocenters. The number of aryl methyl sites for hydroxylation is 1. The molecule has 3 rings (SSSR count). The molecule has 1 aromatic carbocycles. The molecule has 0 aliphatic heterocycles. The molecule has 0 spiro atoms. The van der Waals surface area contributed by atoms with E-state index in [1.165, 1.54) is 5.56 Å². The van der Waals surface area contributed by atoms with E-state index in [2.05, 4.69) is 57.8 Å². The zero-order valence-electron chi connectivity index (χ0n) is 15.4. The Kier molecular flexibility index (Phi) is 7.06. The van der Waals surface area contributed by atoms with E-state index in [0.717, 1.165) is 23.3 Å². The molecule has 0 aliphatic rings. The highest BCUT2D eigenvalue weighted by molar-refractivity contribution is 9.10. The Morgan fingerprint density at radius 2 is 1.93 bits per heavy atom. The summed E-state index contributed by atoms with van der Waals surface area (Å²) in [6.07, 6.45) is 2.13. The summed E-state index contributed by atoms with van der Waals surface area (Å²) >= 11 is 4.74. The number of carbonyl (C=O) groups is 2. The first kappa shape index (κ1) is 20.4. The number of amides is 2. The molecule has 146 valence electrons. The number of carbonyl (C=O) groups excluding carboxylic acids is 2. The van der Waals surface area contributed by atoms with Crippen molar-refractivity contribution in [1.82, 2.24) is 10.6 Å². The number of furan rings is 1. The van der Waals surface area contributed by atoms with Crippen LogP contribution >= 0.6 is 27.3 Å². The number of hydrogen-bond donors (Lipinski definition) is 2. The van der Waals surface area contributed by atoms with Crippen molar-refractivity contribution in [1.29, 1.82) is 0 Å². The van der Waals surface area contributed by atoms with Crippen LogP contribution in [-0.4, -0.2) is 18.4 Å². The van der Waals surface area contributed by atoms with Crippen molar-refractivity contribution < 1.29 is 14.0 Å². The van der Waals surface area contributed by atoms with Crippen LogP contribution in [0, 0.1) is 0 Å². The van der Waals surface area contributed by atoms with Gasteiger partial charge in [-0.3, -0.25) is 9.59 Å². The SMILES string of the molecule is CCCc1ccc(C(NC(=O)CNC(=O)c2ccc(Br)o2)c2cccs2)cc1. The van der Waals surface area contributed by atoms with Gasteiger partial charge in [0.15, 0.2) is 10.4 Å². The Balaban J connectivity index is 1.66. The summed E-state index contributed by atoms with van der Waals surface area (Å²) in [6.45, 7) is 2.02. The van der Waals surface area contributed by atoms with Crippen molar-refractivity contribution in [3.63, 3.8) is 0 Å². The smallest absolute Gasteiger partial charge is 0.287 e. The molecule has 2 amide bonds. The predicted molar refractivity (Wildman–Crippen MR) is 113 cm³/mol. The highest BCUT2D eigenvalue weighted by atomic mass is 79.9. The Hall–Kier alpha value is -2.38. The minimum atomic E-state index is -0.433. The van der Waals surface area contributed by atoms with Crippen molar-refractivity contribution in [2.24, 2.45) is 0 Å². The molecular weight excluding hydrogens is 440 g/mol. The van der Waals surface area contributed by atoms with Gasteiger partial charge in [0, 0.05) is 4.88 Å². The van der Waals surface area contributed by atoms with Crippen molar-refractivity contribution in [2.45, 2.75) is 25.8 Å². The van der Waals surface area contributed by atoms with Gasteiger partial charge in [0.2, 0.25) is 5.91 Å². The van der Waals surface area contributed by atoms with Gasteiger partial charge in [-0.05, 0) is 57.1 Å². The van der Waals surface area contributed by atoms with Crippen molar-refractivity contribution in [3.05, 3.63) is 80.3 Å². The molecule has 0 saturated heterocycles. The Labute approximate surface area is 176 Å². The third-order valence-corrected chi connectivity index (χ3v) is 5.55. The van der Waals surface area contributed by atoms with E-state index in [4.69, 9.17) is 4.42 Å². The summed E-state index contributed by atoms with van der Waals surface area (Å²) in [4.78, 5) is 25.6. The van der Waals surface area contributed by atoms with E-state index in [9.17, 15) is 9.59 Å². The van der Waals surface area contributed by atoms with Crippen LogP contribution in [-0.2, 0) is 11.2 Å². The topological polar surface area (TPSA) is 71.3 Å². The van der Waals surface area contributed by atoms with E-state index in [1.54, 1.807) is 23.5 Å². The van der Waals surface area contributed by atoms with Crippen LogP contribution in [0.5, 0.6) is 0 Å². The molecule has 0 saturated carbocycles. The number of hydrogen-bond acceptors (Lipinski definition) is 4. The summed E-state index contributed by atoms with van der Waals surface area (Å²) in [5.74, 6) is -0.548. The average molecular weight is 461 g/mol. The van der Waals surface area contributed by atoms with Crippen molar-refractivity contribution in [2.75, 3.05) is 6.54 Å². The second-order valence-electron chi connectivity index (χ2n) is 6.29. The standard InChI is InChI=1S/C21H21BrN2O3S/c1-2-4-14-6-8-15(9-7-14)20(17-5-3-12-28-17)24-19(25)13-23-21(26)16-10-11-18(22)27-16/h3,5-12,20H,2,4,13H2,1H3,(H,23,26)(H,24,25). The fourth-order valence-electron chi connectivity index (χ4n) is 2.84. The molecule has 0 fully saturated rings. The molecular formula is C21H21BrN2O3S. The maximum Gasteiger partial charge on any atom is 0.287 e. The van der Waals surface area contributed by atoms with E-state index >= 15 is 0 Å². The van der Waals surface area contributed by atoms with E-state index < -0.39 is 5.91 Å². The zero-order valence-corrected chi connectivity index (χ0v) is 17.8. The minimum absolute atomic E-state index is 0.132. The van der Waals surface area contributed by atoms with Gasteiger partial charge >= 0.3 is 0 Å². The fourth-order valence-corrected chi connectivity index (χ4v) is 3.94. The molecule has 2 aromatic heterocycles. The highest BCUT2D eigenvalue weighted by Gasteiger charge is 2.19. The molecule has 0 aliphatic carbocycles. The van der Waals surface area contributed by atoms with Crippen LogP contribution in [0.15, 0.2) is 63.0 Å². The van der Waals surface area contributed by atoms with Gasteiger partial charge < -0.3 is 15.1 Å². The lowest BCUT2D eigenvalue weighted by molar-refractivity contribution is -0.120. The summed E-state index contributed by atoms with van der Waals surface area (Å²) < 4.78 is 5.66. The summed E-state index contributed by atoms with van der Waals surface area (Å²) in [5, 5.41) is 7.58. The molecule has 2 heterocycles. The Bertz CT molecular complexity index is 920. The van der Waals surface area contributed by atoms with Crippen LogP contribution in [0.25, 0.3) is 0 Å². The van der Waals surface area contributed by atoms with Gasteiger partial charge in [-0.2, -0.15) is 0 Å². The van der Waals surface area contributed by atoms with E-state index in [0.29, 0.717) is 4.67 Å². The molecule has 0 bridgehead atoms. The third kappa shape index (κ3) is 5.33. The summed E-state index contributed by atoms with van der Waals surface area (Å²) in [7, 11) is 0. The van der Waals surface area contributed by atoms with Crippen molar-refractivity contribution in [3.8, 4) is 0 Å². The van der Waals surface area contributed by atoms with E-state index in [1.807, 2.05) is 17.5 Å². The molecule has 5 nitrogen and oxygen atoms in total. The summed E-state index contributed by atoms with van der Waals surface area (Å²) in [6, 6.07) is 15.2. The maximum absolute atomic E-state index is 12.5. The first-order valence-electron chi connectivity index (χ1n) is 9.02. The lowest BCUT2D eigenvalue weighted by atomic mass is 10.0. The maximum atomic E-state index is 12.5. The normalized spacial score (nSPS) is 11.8. The van der Waals surface area contributed by atoms with Gasteiger partial charge in [-0.15, -0.1) is 11.3 Å². The summed E-state index contributed by atoms with van der Waals surface area (Å²) in [5.41, 5.74) is 2.29. The second kappa shape index (κ2) is 9.71. The number of benzene rings is 1. The lowest BCUT2D eigenvalue weighted by Gasteiger charge is -2.19. The molecule has 7 heteroatoms. The largest absolute Gasteiger partial charge is 0.444 e. The zero-order chi connectivity index (χ0) is 19.9. The van der Waals surface area contributed by atoms with Gasteiger partial charge in [0.25, 0.3) is 5.91 Å². The Morgan fingerprint density at radius 1 is 1.14 bits per heavy atom. The van der Waals surface area contributed by atoms with Crippen LogP contribution in [0.3, 0.4) is 0 Å². The second-order valence-corrected chi connectivity index (χ2v) is 8.05. The number of thiophene rings is 1. The number of nitrogens with one attached hydrogen (secondary N) is 2. The van der Waals surface area contributed by atoms with Crippen LogP contribution in [0.1, 0.15) is 45.9 Å². The third-order valence-electron chi connectivity index (χ3n) is 4.19. The minimum Gasteiger partial charge on any atom is -0.444 e. The molecule has 28 heavy (non-hydrogen) atoms. The lowest BCUT2D eigenvalue weighted by Crippen LogP contribution is -2.38. The Morgan fingerprint density at radius 3 is 2.54 bits per heavy atom. The highest BCUT2D eigenvalue weighted by Crippen LogP contribution is 2.26. The first-order valence-corrected chi connectivity index (χ1v) is 10.7. The van der Waals surface area contributed by atoms with E-state index in [-0.39, 0.29) is 24.3 Å². The molecule has 1 unspecified atom stereocenters. The van der Waals surface area contributed by atoms with Crippen molar-refractivity contribution >= 4 is 39.1 Å². The van der Waals surface area contributed by atoms with Gasteiger partial charge in [0.05, 0.1) is 12.6 Å². The fraction of sp³-hybridized carbons (Fsp3) is 0.238. The number of halogens is 1. The quantitative estimate of drug-likeness (QED) is 0.511. The molecule has 0 radical (unpaired) electrons. The monoisotopic (exact) mass is 460 g/mol. The molecule has 3 aromatic rings. The van der Waals surface area contributed by atoms with Gasteiger partial charge in [-0.1, -0.05) is 43.7 Å². The van der Waals surface area contributed by atoms with Crippen LogP contribution < -0.4 is 10.6 Å². The predicted octanol–water partition coefficient (Wildman–Crippen LogP) is 4.69. The average Bonchev–Trinajstić information content (AvgIpc) is 3.37. The van der Waals surface area contributed by atoms with Crippen LogP contribution in [0.4, 0.5) is 0 Å². The van der Waals surface area contributed by atoms with Gasteiger partial charge in [-0.25, -0.2) is 0 Å². The van der Waals surface area contributed by atoms with Crippen LogP contribution in [0.2, 0.25) is 0 Å². The number of rotatable bonds is 8.